The molecule has 6 heteroatoms. The van der Waals surface area contributed by atoms with Gasteiger partial charge in [-0.25, -0.2) is 4.79 Å². The van der Waals surface area contributed by atoms with Gasteiger partial charge in [-0.3, -0.25) is 0 Å². The van der Waals surface area contributed by atoms with Crippen molar-refractivity contribution < 1.29 is 18.8 Å². The van der Waals surface area contributed by atoms with Crippen molar-refractivity contribution in [3.63, 3.8) is 0 Å². The van der Waals surface area contributed by atoms with Gasteiger partial charge in [0.15, 0.2) is 6.61 Å². The predicted molar refractivity (Wildman–Crippen MR) is 86.5 cm³/mol. The van der Waals surface area contributed by atoms with E-state index >= 15 is 0 Å². The summed E-state index contributed by atoms with van der Waals surface area (Å²) in [5, 5.41) is 3.93. The summed E-state index contributed by atoms with van der Waals surface area (Å²) in [6.45, 7) is 2.26. The molecule has 0 N–H and O–H groups in total. The lowest BCUT2D eigenvalue weighted by molar-refractivity contribution is 0.0526. The lowest BCUT2D eigenvalue weighted by Crippen LogP contribution is -2.04. The van der Waals surface area contributed by atoms with E-state index in [1.54, 1.807) is 31.2 Å². The van der Waals surface area contributed by atoms with E-state index in [0.29, 0.717) is 29.6 Å². The molecule has 3 rings (SSSR count). The number of hydrogen-bond acceptors (Lipinski definition) is 6. The van der Waals surface area contributed by atoms with Crippen LogP contribution in [0.25, 0.3) is 11.4 Å². The smallest absolute Gasteiger partial charge is 0.338 e. The first-order valence-electron chi connectivity index (χ1n) is 7.54. The molecular weight excluding hydrogens is 308 g/mol. The minimum atomic E-state index is -0.353. The van der Waals surface area contributed by atoms with Crippen LogP contribution in [0.5, 0.6) is 5.75 Å². The number of aromatic nitrogens is 2. The number of hydrogen-bond donors (Lipinski definition) is 0. The van der Waals surface area contributed by atoms with Gasteiger partial charge in [0.2, 0.25) is 5.82 Å². The summed E-state index contributed by atoms with van der Waals surface area (Å²) in [6, 6.07) is 16.2. The molecule has 3 aromatic rings. The highest BCUT2D eigenvalue weighted by atomic mass is 16.5. The van der Waals surface area contributed by atoms with Crippen LogP contribution < -0.4 is 4.74 Å². The van der Waals surface area contributed by atoms with E-state index in [-0.39, 0.29) is 12.6 Å². The van der Waals surface area contributed by atoms with Gasteiger partial charge in [-0.15, -0.1) is 0 Å². The summed E-state index contributed by atoms with van der Waals surface area (Å²) in [4.78, 5) is 15.9. The number of ether oxygens (including phenoxy) is 2. The van der Waals surface area contributed by atoms with Gasteiger partial charge < -0.3 is 14.0 Å². The molecule has 0 unspecified atom stereocenters. The second-order valence-electron chi connectivity index (χ2n) is 4.91. The van der Waals surface area contributed by atoms with Crippen molar-refractivity contribution in [2.75, 3.05) is 6.61 Å². The lowest BCUT2D eigenvalue weighted by Gasteiger charge is -2.05. The molecule has 0 saturated heterocycles. The van der Waals surface area contributed by atoms with Gasteiger partial charge in [-0.05, 0) is 31.2 Å². The molecule has 1 heterocycles. The Balaban J connectivity index is 1.60. The van der Waals surface area contributed by atoms with Crippen molar-refractivity contribution in [1.82, 2.24) is 10.1 Å². The van der Waals surface area contributed by atoms with Gasteiger partial charge in [0.05, 0.1) is 12.2 Å². The zero-order chi connectivity index (χ0) is 16.8. The maximum absolute atomic E-state index is 11.6. The molecule has 122 valence electrons. The quantitative estimate of drug-likeness (QED) is 0.646. The molecule has 0 aliphatic rings. The Morgan fingerprint density at radius 3 is 2.54 bits per heavy atom. The first-order chi connectivity index (χ1) is 11.8. The third-order valence-electron chi connectivity index (χ3n) is 3.23. The topological polar surface area (TPSA) is 74.5 Å². The van der Waals surface area contributed by atoms with Gasteiger partial charge in [0.25, 0.3) is 5.89 Å². The molecule has 0 saturated carbocycles. The van der Waals surface area contributed by atoms with Gasteiger partial charge in [-0.1, -0.05) is 35.5 Å². The molecule has 0 amide bonds. The summed E-state index contributed by atoms with van der Waals surface area (Å²) in [7, 11) is 0. The fourth-order valence-electron chi connectivity index (χ4n) is 2.06. The second kappa shape index (κ2) is 7.41. The Hall–Kier alpha value is -3.15. The normalized spacial score (nSPS) is 10.4. The molecule has 6 nitrogen and oxygen atoms in total. The van der Waals surface area contributed by atoms with Crippen molar-refractivity contribution in [3.05, 3.63) is 66.1 Å². The number of nitrogens with zero attached hydrogens (tertiary/aromatic N) is 2. The summed E-state index contributed by atoms with van der Waals surface area (Å²) in [5.41, 5.74) is 1.36. The third-order valence-corrected chi connectivity index (χ3v) is 3.23. The third kappa shape index (κ3) is 3.78. The monoisotopic (exact) mass is 324 g/mol. The average molecular weight is 324 g/mol. The minimum Gasteiger partial charge on any atom is -0.484 e. The summed E-state index contributed by atoms with van der Waals surface area (Å²) < 4.78 is 15.7. The molecule has 2 aromatic carbocycles. The van der Waals surface area contributed by atoms with Gasteiger partial charge in [0.1, 0.15) is 5.75 Å². The average Bonchev–Trinajstić information content (AvgIpc) is 3.10. The molecule has 0 spiro atoms. The zero-order valence-corrected chi connectivity index (χ0v) is 13.1. The molecule has 0 bridgehead atoms. The van der Waals surface area contributed by atoms with Crippen LogP contribution in [0, 0.1) is 0 Å². The Labute approximate surface area is 139 Å². The molecular formula is C18H16N2O4. The number of carbonyl (C=O) groups excluding carboxylic acids is 1. The van der Waals surface area contributed by atoms with Crippen molar-refractivity contribution in [1.29, 1.82) is 0 Å². The van der Waals surface area contributed by atoms with Gasteiger partial charge in [-0.2, -0.15) is 4.98 Å². The van der Waals surface area contributed by atoms with Crippen LogP contribution in [0.3, 0.4) is 0 Å². The standard InChI is InChI=1S/C18H16N2O4/c1-2-22-18(21)14-8-10-15(11-9-14)23-12-16-19-17(20-24-16)13-6-4-3-5-7-13/h3-11H,2,12H2,1H3. The van der Waals surface area contributed by atoms with E-state index in [9.17, 15) is 4.79 Å². The van der Waals surface area contributed by atoms with Crippen LogP contribution >= 0.6 is 0 Å². The van der Waals surface area contributed by atoms with E-state index < -0.39 is 0 Å². The van der Waals surface area contributed by atoms with E-state index in [1.165, 1.54) is 0 Å². The Kier molecular flexibility index (Phi) is 4.86. The Morgan fingerprint density at radius 2 is 1.83 bits per heavy atom. The van der Waals surface area contributed by atoms with Crippen LogP contribution in [0.2, 0.25) is 0 Å². The highest BCUT2D eigenvalue weighted by molar-refractivity contribution is 5.89. The second-order valence-corrected chi connectivity index (χ2v) is 4.91. The van der Waals surface area contributed by atoms with Crippen molar-refractivity contribution in [2.24, 2.45) is 0 Å². The van der Waals surface area contributed by atoms with Crippen LogP contribution in [-0.4, -0.2) is 22.7 Å². The van der Waals surface area contributed by atoms with Crippen molar-refractivity contribution in [2.45, 2.75) is 13.5 Å². The Bertz CT molecular complexity index is 797. The van der Waals surface area contributed by atoms with E-state index in [1.807, 2.05) is 30.3 Å². The van der Waals surface area contributed by atoms with Crippen LogP contribution in [-0.2, 0) is 11.3 Å². The molecule has 0 radical (unpaired) electrons. The van der Waals surface area contributed by atoms with E-state index in [4.69, 9.17) is 14.0 Å². The van der Waals surface area contributed by atoms with Crippen LogP contribution in [0.4, 0.5) is 0 Å². The lowest BCUT2D eigenvalue weighted by atomic mass is 10.2. The molecule has 0 aliphatic carbocycles. The van der Waals surface area contributed by atoms with Gasteiger partial charge >= 0.3 is 5.97 Å². The zero-order valence-electron chi connectivity index (χ0n) is 13.1. The largest absolute Gasteiger partial charge is 0.484 e. The number of benzene rings is 2. The molecule has 0 atom stereocenters. The van der Waals surface area contributed by atoms with Crippen molar-refractivity contribution in [3.8, 4) is 17.1 Å². The maximum atomic E-state index is 11.6. The van der Waals surface area contributed by atoms with Crippen LogP contribution in [0.15, 0.2) is 59.1 Å². The fraction of sp³-hybridized carbons (Fsp3) is 0.167. The summed E-state index contributed by atoms with van der Waals surface area (Å²) >= 11 is 0. The van der Waals surface area contributed by atoms with Crippen molar-refractivity contribution >= 4 is 5.97 Å². The Morgan fingerprint density at radius 1 is 1.08 bits per heavy atom. The number of carbonyl (C=O) groups is 1. The first-order valence-corrected chi connectivity index (χ1v) is 7.54. The summed E-state index contributed by atoms with van der Waals surface area (Å²) in [6.07, 6.45) is 0. The molecule has 1 aromatic heterocycles. The highest BCUT2D eigenvalue weighted by Gasteiger charge is 2.10. The van der Waals surface area contributed by atoms with E-state index in [0.717, 1.165) is 5.56 Å². The van der Waals surface area contributed by atoms with E-state index in [2.05, 4.69) is 10.1 Å². The minimum absolute atomic E-state index is 0.151. The predicted octanol–water partition coefficient (Wildman–Crippen LogP) is 3.49. The molecule has 24 heavy (non-hydrogen) atoms. The SMILES string of the molecule is CCOC(=O)c1ccc(OCc2nc(-c3ccccc3)no2)cc1. The highest BCUT2D eigenvalue weighted by Crippen LogP contribution is 2.17. The molecule has 0 fully saturated rings. The first kappa shape index (κ1) is 15.7. The number of rotatable bonds is 6. The van der Waals surface area contributed by atoms with Gasteiger partial charge in [0, 0.05) is 5.56 Å². The van der Waals surface area contributed by atoms with Crippen LogP contribution in [0.1, 0.15) is 23.2 Å². The fourth-order valence-corrected chi connectivity index (χ4v) is 2.06. The number of esters is 1. The summed E-state index contributed by atoms with van der Waals surface area (Å²) in [5.74, 6) is 1.14. The maximum Gasteiger partial charge on any atom is 0.338 e. The molecule has 0 aliphatic heterocycles.